The summed E-state index contributed by atoms with van der Waals surface area (Å²) < 4.78 is 5.21. The van der Waals surface area contributed by atoms with Gasteiger partial charge in [-0.1, -0.05) is 36.4 Å². The van der Waals surface area contributed by atoms with Gasteiger partial charge in [0.25, 0.3) is 0 Å². The molecule has 1 aliphatic carbocycles. The first kappa shape index (κ1) is 11.3. The van der Waals surface area contributed by atoms with Crippen molar-refractivity contribution in [2.75, 3.05) is 7.11 Å². The van der Waals surface area contributed by atoms with E-state index in [9.17, 15) is 0 Å². The van der Waals surface area contributed by atoms with Crippen molar-refractivity contribution in [3.8, 4) is 5.75 Å². The quantitative estimate of drug-likeness (QED) is 0.769. The smallest absolute Gasteiger partial charge is 0.118 e. The van der Waals surface area contributed by atoms with E-state index in [4.69, 9.17) is 4.74 Å². The zero-order valence-corrected chi connectivity index (χ0v) is 10.7. The van der Waals surface area contributed by atoms with E-state index < -0.39 is 0 Å². The summed E-state index contributed by atoms with van der Waals surface area (Å²) in [7, 11) is 1.71. The van der Waals surface area contributed by atoms with Crippen LogP contribution in [0.5, 0.6) is 5.75 Å². The Hall–Kier alpha value is -1.76. The van der Waals surface area contributed by atoms with Gasteiger partial charge < -0.3 is 4.74 Å². The molecule has 0 saturated carbocycles. The van der Waals surface area contributed by atoms with Crippen LogP contribution in [0.1, 0.15) is 29.0 Å². The zero-order chi connectivity index (χ0) is 12.4. The van der Waals surface area contributed by atoms with Gasteiger partial charge in [0.2, 0.25) is 0 Å². The minimum absolute atomic E-state index is 0.658. The van der Waals surface area contributed by atoms with Crippen molar-refractivity contribution < 1.29 is 4.74 Å². The summed E-state index contributed by atoms with van der Waals surface area (Å²) in [4.78, 5) is 0. The number of ether oxygens (including phenoxy) is 1. The molecule has 1 heteroatoms. The molecule has 92 valence electrons. The molecule has 2 aromatic rings. The molecule has 1 aliphatic rings. The maximum Gasteiger partial charge on any atom is 0.118 e. The summed E-state index contributed by atoms with van der Waals surface area (Å²) in [6.07, 6.45) is 3.62. The Morgan fingerprint density at radius 1 is 0.944 bits per heavy atom. The predicted molar refractivity (Wildman–Crippen MR) is 74.2 cm³/mol. The van der Waals surface area contributed by atoms with Crippen LogP contribution < -0.4 is 4.74 Å². The van der Waals surface area contributed by atoms with Crippen LogP contribution in [0.25, 0.3) is 0 Å². The van der Waals surface area contributed by atoms with Gasteiger partial charge in [0.15, 0.2) is 0 Å². The van der Waals surface area contributed by atoms with Gasteiger partial charge in [0, 0.05) is 0 Å². The molecule has 0 aliphatic heterocycles. The normalized spacial score (nSPS) is 18.2. The number of rotatable bonds is 2. The van der Waals surface area contributed by atoms with Gasteiger partial charge in [-0.25, -0.2) is 0 Å². The first-order valence-corrected chi connectivity index (χ1v) is 6.57. The lowest BCUT2D eigenvalue weighted by Gasteiger charge is -2.25. The molecule has 0 spiro atoms. The fourth-order valence-corrected chi connectivity index (χ4v) is 2.86. The summed E-state index contributed by atoms with van der Waals surface area (Å²) in [6, 6.07) is 17.4. The van der Waals surface area contributed by atoms with Crippen LogP contribution in [-0.2, 0) is 12.8 Å². The molecule has 18 heavy (non-hydrogen) atoms. The average Bonchev–Trinajstić information content (AvgIpc) is 2.47. The second kappa shape index (κ2) is 4.85. The third-order valence-corrected chi connectivity index (χ3v) is 3.93. The summed E-state index contributed by atoms with van der Waals surface area (Å²) in [5, 5.41) is 0. The van der Waals surface area contributed by atoms with Crippen molar-refractivity contribution >= 4 is 0 Å². The van der Waals surface area contributed by atoms with Gasteiger partial charge in [-0.3, -0.25) is 0 Å². The highest BCUT2D eigenvalue weighted by Gasteiger charge is 2.19. The number of methoxy groups -OCH3 is 1. The maximum absolute atomic E-state index is 5.21. The summed E-state index contributed by atoms with van der Waals surface area (Å²) in [6.45, 7) is 0. The van der Waals surface area contributed by atoms with Gasteiger partial charge in [0.05, 0.1) is 7.11 Å². The zero-order valence-electron chi connectivity index (χ0n) is 10.7. The monoisotopic (exact) mass is 238 g/mol. The van der Waals surface area contributed by atoms with Gasteiger partial charge in [-0.2, -0.15) is 0 Å². The predicted octanol–water partition coefficient (Wildman–Crippen LogP) is 3.97. The van der Waals surface area contributed by atoms with E-state index in [1.54, 1.807) is 7.11 Å². The molecule has 1 nitrogen and oxygen atoms in total. The van der Waals surface area contributed by atoms with Crippen LogP contribution in [-0.4, -0.2) is 7.11 Å². The molecule has 0 aromatic heterocycles. The molecule has 0 heterocycles. The van der Waals surface area contributed by atoms with E-state index in [2.05, 4.69) is 48.5 Å². The first-order chi connectivity index (χ1) is 8.86. The Kier molecular flexibility index (Phi) is 3.06. The van der Waals surface area contributed by atoms with Gasteiger partial charge in [-0.15, -0.1) is 0 Å². The third kappa shape index (κ3) is 2.13. The van der Waals surface area contributed by atoms with Gasteiger partial charge >= 0.3 is 0 Å². The lowest BCUT2D eigenvalue weighted by Crippen LogP contribution is -2.12. The molecule has 2 aromatic carbocycles. The van der Waals surface area contributed by atoms with E-state index in [-0.39, 0.29) is 0 Å². The largest absolute Gasteiger partial charge is 0.497 e. The van der Waals surface area contributed by atoms with Gasteiger partial charge in [-0.05, 0) is 54.0 Å². The van der Waals surface area contributed by atoms with E-state index in [1.165, 1.54) is 36.0 Å². The number of hydrogen-bond donors (Lipinski definition) is 0. The Morgan fingerprint density at radius 2 is 1.67 bits per heavy atom. The Labute approximate surface area is 108 Å². The van der Waals surface area contributed by atoms with Crippen molar-refractivity contribution in [1.82, 2.24) is 0 Å². The van der Waals surface area contributed by atoms with Crippen LogP contribution in [0.15, 0.2) is 48.5 Å². The molecule has 0 bridgehead atoms. The lowest BCUT2D eigenvalue weighted by molar-refractivity contribution is 0.414. The van der Waals surface area contributed by atoms with Crippen LogP contribution >= 0.6 is 0 Å². The summed E-state index contributed by atoms with van der Waals surface area (Å²) >= 11 is 0. The molecule has 0 fully saturated rings. The van der Waals surface area contributed by atoms with E-state index in [0.717, 1.165) is 5.75 Å². The van der Waals surface area contributed by atoms with Crippen LogP contribution in [0.4, 0.5) is 0 Å². The second-order valence-corrected chi connectivity index (χ2v) is 4.98. The fraction of sp³-hybridized carbons (Fsp3) is 0.294. The van der Waals surface area contributed by atoms with Crippen LogP contribution in [0, 0.1) is 0 Å². The van der Waals surface area contributed by atoms with Crippen molar-refractivity contribution in [2.45, 2.75) is 25.2 Å². The molecule has 0 saturated heterocycles. The molecule has 1 unspecified atom stereocenters. The Balaban J connectivity index is 1.82. The van der Waals surface area contributed by atoms with E-state index in [1.807, 2.05) is 0 Å². The van der Waals surface area contributed by atoms with Gasteiger partial charge in [0.1, 0.15) is 5.75 Å². The average molecular weight is 238 g/mol. The molecule has 0 radical (unpaired) electrons. The lowest BCUT2D eigenvalue weighted by atomic mass is 9.80. The second-order valence-electron chi connectivity index (χ2n) is 4.98. The Morgan fingerprint density at radius 3 is 2.39 bits per heavy atom. The third-order valence-electron chi connectivity index (χ3n) is 3.93. The number of hydrogen-bond acceptors (Lipinski definition) is 1. The topological polar surface area (TPSA) is 9.23 Å². The molecule has 3 rings (SSSR count). The highest BCUT2D eigenvalue weighted by Crippen LogP contribution is 2.33. The van der Waals surface area contributed by atoms with Crippen molar-refractivity contribution in [3.63, 3.8) is 0 Å². The molecular weight excluding hydrogens is 220 g/mol. The molecule has 0 N–H and O–H groups in total. The molecule has 0 amide bonds. The summed E-state index contributed by atoms with van der Waals surface area (Å²) in [5.41, 5.74) is 4.48. The number of fused-ring (bicyclic) bond motifs is 1. The highest BCUT2D eigenvalue weighted by molar-refractivity contribution is 5.35. The standard InChI is InChI=1S/C17H18O/c1-18-17-10-8-14(9-11-17)16-7-6-13-4-2-3-5-15(13)12-16/h2-5,8-11,16H,6-7,12H2,1H3. The molecular formula is C17H18O. The number of benzene rings is 2. The Bertz CT molecular complexity index is 528. The van der Waals surface area contributed by atoms with Crippen LogP contribution in [0.3, 0.4) is 0 Å². The fourth-order valence-electron chi connectivity index (χ4n) is 2.86. The van der Waals surface area contributed by atoms with Crippen molar-refractivity contribution in [1.29, 1.82) is 0 Å². The van der Waals surface area contributed by atoms with Crippen LogP contribution in [0.2, 0.25) is 0 Å². The highest BCUT2D eigenvalue weighted by atomic mass is 16.5. The maximum atomic E-state index is 5.21. The molecule has 1 atom stereocenters. The number of aryl methyl sites for hydroxylation is 1. The first-order valence-electron chi connectivity index (χ1n) is 6.57. The van der Waals surface area contributed by atoms with E-state index >= 15 is 0 Å². The van der Waals surface area contributed by atoms with E-state index in [0.29, 0.717) is 5.92 Å². The van der Waals surface area contributed by atoms with Crippen molar-refractivity contribution in [3.05, 3.63) is 65.2 Å². The SMILES string of the molecule is COc1ccc(C2CCc3ccccc3C2)cc1. The minimum Gasteiger partial charge on any atom is -0.497 e. The minimum atomic E-state index is 0.658. The van der Waals surface area contributed by atoms with Crippen molar-refractivity contribution in [2.24, 2.45) is 0 Å². The summed E-state index contributed by atoms with van der Waals surface area (Å²) in [5.74, 6) is 1.60.